The molecule has 1 aromatic rings. The van der Waals surface area contributed by atoms with Crippen molar-refractivity contribution in [2.75, 3.05) is 6.54 Å². The van der Waals surface area contributed by atoms with Crippen LogP contribution in [0.1, 0.15) is 32.6 Å². The summed E-state index contributed by atoms with van der Waals surface area (Å²) < 4.78 is 11.1. The number of amides is 1. The molecule has 2 unspecified atom stereocenters. The van der Waals surface area contributed by atoms with Crippen molar-refractivity contribution >= 4 is 17.5 Å². The molecule has 1 saturated heterocycles. The summed E-state index contributed by atoms with van der Waals surface area (Å²) in [4.78, 5) is 13.6. The number of hydrogen-bond donors (Lipinski definition) is 0. The van der Waals surface area contributed by atoms with Gasteiger partial charge in [0.25, 0.3) is 0 Å². The third-order valence-electron chi connectivity index (χ3n) is 2.90. The van der Waals surface area contributed by atoms with Crippen LogP contribution in [-0.2, 0) is 9.53 Å². The van der Waals surface area contributed by atoms with E-state index >= 15 is 0 Å². The Kier molecular flexibility index (Phi) is 3.19. The summed E-state index contributed by atoms with van der Waals surface area (Å²) >= 11 is 5.84. The van der Waals surface area contributed by atoms with Gasteiger partial charge in [-0.05, 0) is 32.9 Å². The van der Waals surface area contributed by atoms with E-state index in [2.05, 4.69) is 0 Å². The normalized spacial score (nSPS) is 24.9. The number of carbonyl (C=O) groups is 1. The number of furan rings is 1. The number of carbonyl (C=O) groups excluding carboxylic acids is 1. The fourth-order valence-corrected chi connectivity index (χ4v) is 2.15. The molecule has 0 saturated carbocycles. The van der Waals surface area contributed by atoms with Crippen LogP contribution in [0.3, 0.4) is 0 Å². The maximum atomic E-state index is 12.0. The zero-order valence-electron chi connectivity index (χ0n) is 10.1. The minimum absolute atomic E-state index is 0.120. The van der Waals surface area contributed by atoms with Crippen molar-refractivity contribution in [2.45, 2.75) is 38.0 Å². The van der Waals surface area contributed by atoms with Crippen molar-refractivity contribution in [3.05, 3.63) is 24.2 Å². The van der Waals surface area contributed by atoms with Crippen molar-refractivity contribution < 1.29 is 13.9 Å². The second-order valence-electron chi connectivity index (χ2n) is 4.63. The van der Waals surface area contributed by atoms with Gasteiger partial charge in [-0.3, -0.25) is 4.79 Å². The molecule has 1 aliphatic heterocycles. The molecule has 0 aromatic carbocycles. The van der Waals surface area contributed by atoms with Crippen LogP contribution in [0.5, 0.6) is 0 Å². The lowest BCUT2D eigenvalue weighted by molar-refractivity contribution is -0.145. The van der Waals surface area contributed by atoms with Crippen molar-refractivity contribution in [1.29, 1.82) is 0 Å². The fraction of sp³-hybridized carbons (Fsp3) is 0.583. The maximum absolute atomic E-state index is 12.0. The molecule has 1 amide bonds. The van der Waals surface area contributed by atoms with Crippen LogP contribution in [0.2, 0.25) is 0 Å². The molecule has 0 spiro atoms. The van der Waals surface area contributed by atoms with Gasteiger partial charge in [0.2, 0.25) is 5.91 Å². The molecule has 1 fully saturated rings. The summed E-state index contributed by atoms with van der Waals surface area (Å²) in [6.45, 7) is 5.84. The molecular weight excluding hydrogens is 242 g/mol. The van der Waals surface area contributed by atoms with Crippen molar-refractivity contribution in [3.8, 4) is 0 Å². The zero-order valence-corrected chi connectivity index (χ0v) is 10.9. The van der Waals surface area contributed by atoms with E-state index in [9.17, 15) is 4.79 Å². The number of hydrogen-bond acceptors (Lipinski definition) is 3. The second-order valence-corrected chi connectivity index (χ2v) is 5.29. The van der Waals surface area contributed by atoms with Crippen LogP contribution < -0.4 is 0 Å². The van der Waals surface area contributed by atoms with Crippen LogP contribution in [0.15, 0.2) is 22.8 Å². The molecule has 17 heavy (non-hydrogen) atoms. The predicted molar refractivity (Wildman–Crippen MR) is 63.6 cm³/mol. The quantitative estimate of drug-likeness (QED) is 0.765. The highest BCUT2D eigenvalue weighted by atomic mass is 35.5. The zero-order chi connectivity index (χ0) is 12.6. The lowest BCUT2D eigenvalue weighted by atomic mass is 10.2. The summed E-state index contributed by atoms with van der Waals surface area (Å²) in [5.41, 5.74) is -0.655. The molecule has 4 nitrogen and oxygen atoms in total. The molecule has 0 radical (unpaired) electrons. The van der Waals surface area contributed by atoms with Crippen molar-refractivity contribution in [2.24, 2.45) is 0 Å². The molecule has 5 heteroatoms. The van der Waals surface area contributed by atoms with Crippen LogP contribution >= 0.6 is 11.6 Å². The third kappa shape index (κ3) is 2.33. The molecule has 0 bridgehead atoms. The maximum Gasteiger partial charge on any atom is 0.242 e. The van der Waals surface area contributed by atoms with Gasteiger partial charge in [0.05, 0.1) is 12.8 Å². The van der Waals surface area contributed by atoms with Gasteiger partial charge in [0.15, 0.2) is 0 Å². The van der Waals surface area contributed by atoms with Gasteiger partial charge >= 0.3 is 0 Å². The van der Waals surface area contributed by atoms with Gasteiger partial charge in [-0.1, -0.05) is 0 Å². The second kappa shape index (κ2) is 4.35. The monoisotopic (exact) mass is 257 g/mol. The molecule has 2 heterocycles. The Bertz CT molecular complexity index is 400. The highest BCUT2D eigenvalue weighted by Crippen LogP contribution is 2.36. The van der Waals surface area contributed by atoms with Crippen molar-refractivity contribution in [1.82, 2.24) is 4.90 Å². The Balaban J connectivity index is 2.18. The van der Waals surface area contributed by atoms with E-state index in [0.29, 0.717) is 6.54 Å². The van der Waals surface area contributed by atoms with Gasteiger partial charge in [-0.25, -0.2) is 0 Å². The Morgan fingerprint density at radius 2 is 2.35 bits per heavy atom. The number of alkyl halides is 1. The van der Waals surface area contributed by atoms with E-state index in [0.717, 1.165) is 5.76 Å². The topological polar surface area (TPSA) is 42.7 Å². The van der Waals surface area contributed by atoms with E-state index in [1.165, 1.54) is 0 Å². The van der Waals surface area contributed by atoms with E-state index in [1.54, 1.807) is 24.2 Å². The third-order valence-corrected chi connectivity index (χ3v) is 3.08. The lowest BCUT2D eigenvalue weighted by Crippen LogP contribution is -2.46. The van der Waals surface area contributed by atoms with E-state index in [1.807, 2.05) is 19.9 Å². The van der Waals surface area contributed by atoms with E-state index < -0.39 is 11.1 Å². The highest BCUT2D eigenvalue weighted by Gasteiger charge is 2.44. The van der Waals surface area contributed by atoms with Crippen molar-refractivity contribution in [3.63, 3.8) is 0 Å². The van der Waals surface area contributed by atoms with Gasteiger partial charge in [-0.15, -0.1) is 11.6 Å². The standard InChI is InChI=1S/C12H16ClNO3/c1-8(13)11(15)14-7-10(17-12(14,2)3)9-5-4-6-16-9/h4-6,8,10H,7H2,1-3H3. The molecule has 2 atom stereocenters. The first-order valence-electron chi connectivity index (χ1n) is 5.58. The minimum Gasteiger partial charge on any atom is -0.467 e. The number of nitrogens with zero attached hydrogens (tertiary/aromatic N) is 1. The smallest absolute Gasteiger partial charge is 0.242 e. The Morgan fingerprint density at radius 3 is 2.88 bits per heavy atom. The van der Waals surface area contributed by atoms with Gasteiger partial charge < -0.3 is 14.1 Å². The first kappa shape index (κ1) is 12.5. The van der Waals surface area contributed by atoms with Crippen LogP contribution in [0.25, 0.3) is 0 Å². The minimum atomic E-state index is -0.655. The summed E-state index contributed by atoms with van der Waals surface area (Å²) in [7, 11) is 0. The Labute approximate surface area is 105 Å². The largest absolute Gasteiger partial charge is 0.467 e. The average Bonchev–Trinajstić information content (AvgIpc) is 2.83. The van der Waals surface area contributed by atoms with E-state index in [-0.39, 0.29) is 12.0 Å². The first-order chi connectivity index (χ1) is 7.92. The summed E-state index contributed by atoms with van der Waals surface area (Å²) in [6, 6.07) is 3.65. The average molecular weight is 258 g/mol. The highest BCUT2D eigenvalue weighted by molar-refractivity contribution is 6.30. The molecule has 0 N–H and O–H groups in total. The Morgan fingerprint density at radius 1 is 1.65 bits per heavy atom. The molecule has 94 valence electrons. The molecule has 0 aliphatic carbocycles. The summed E-state index contributed by atoms with van der Waals surface area (Å²) in [5.74, 6) is 0.612. The van der Waals surface area contributed by atoms with Gasteiger partial charge in [-0.2, -0.15) is 0 Å². The molecule has 1 aromatic heterocycles. The molecule has 1 aliphatic rings. The first-order valence-corrected chi connectivity index (χ1v) is 6.02. The van der Waals surface area contributed by atoms with Crippen LogP contribution in [-0.4, -0.2) is 28.5 Å². The lowest BCUT2D eigenvalue weighted by Gasteiger charge is -2.30. The van der Waals surface area contributed by atoms with Crippen LogP contribution in [0.4, 0.5) is 0 Å². The van der Waals surface area contributed by atoms with E-state index in [4.69, 9.17) is 20.8 Å². The van der Waals surface area contributed by atoms with Crippen LogP contribution in [0, 0.1) is 0 Å². The molecule has 2 rings (SSSR count). The predicted octanol–water partition coefficient (Wildman–Crippen LogP) is 2.54. The number of rotatable bonds is 2. The summed E-state index contributed by atoms with van der Waals surface area (Å²) in [6.07, 6.45) is 1.37. The number of ether oxygens (including phenoxy) is 1. The fourth-order valence-electron chi connectivity index (χ4n) is 2.03. The molecular formula is C12H16ClNO3. The Hall–Kier alpha value is -1.00. The SMILES string of the molecule is CC(Cl)C(=O)N1CC(c2ccco2)OC1(C)C. The summed E-state index contributed by atoms with van der Waals surface area (Å²) in [5, 5.41) is -0.548. The van der Waals surface area contributed by atoms with Gasteiger partial charge in [0, 0.05) is 0 Å². The van der Waals surface area contributed by atoms with Gasteiger partial charge in [0.1, 0.15) is 23.0 Å². The number of halogens is 1.